The fourth-order valence-electron chi connectivity index (χ4n) is 4.41. The summed E-state index contributed by atoms with van der Waals surface area (Å²) in [6.07, 6.45) is 5.46. The van der Waals surface area contributed by atoms with Gasteiger partial charge in [-0.05, 0) is 73.9 Å². The second-order valence-electron chi connectivity index (χ2n) is 7.70. The number of hydrogen-bond acceptors (Lipinski definition) is 5. The number of fused-ring (bicyclic) bond motifs is 2. The Morgan fingerprint density at radius 2 is 2.14 bits per heavy atom. The highest BCUT2D eigenvalue weighted by Crippen LogP contribution is 2.55. The number of carbonyl (C=O) groups excluding carboxylic acids is 1. The van der Waals surface area contributed by atoms with Crippen molar-refractivity contribution >= 4 is 34.0 Å². The van der Waals surface area contributed by atoms with Crippen molar-refractivity contribution < 1.29 is 13.6 Å². The maximum atomic E-state index is 14.5. The molecule has 2 aromatic rings. The van der Waals surface area contributed by atoms with Gasteiger partial charge in [0.25, 0.3) is 5.91 Å². The Hall–Kier alpha value is -1.77. The Labute approximate surface area is 176 Å². The molecular weight excluding hydrogens is 412 g/mol. The Morgan fingerprint density at radius 1 is 1.24 bits per heavy atom. The third-order valence-electron chi connectivity index (χ3n) is 5.84. The lowest BCUT2D eigenvalue weighted by Crippen LogP contribution is -2.52. The molecule has 0 saturated carbocycles. The van der Waals surface area contributed by atoms with Gasteiger partial charge in [-0.15, -0.1) is 11.3 Å². The first kappa shape index (κ1) is 19.2. The van der Waals surface area contributed by atoms with Crippen molar-refractivity contribution in [3.05, 3.63) is 57.3 Å². The molecule has 8 heteroatoms. The van der Waals surface area contributed by atoms with E-state index in [2.05, 4.69) is 16.5 Å². The summed E-state index contributed by atoms with van der Waals surface area (Å²) in [5.74, 6) is -1.12. The summed E-state index contributed by atoms with van der Waals surface area (Å²) in [7, 11) is 0. The van der Waals surface area contributed by atoms with Crippen LogP contribution >= 0.6 is 23.1 Å². The fraction of sp³-hybridized carbons (Fsp3) is 0.429. The van der Waals surface area contributed by atoms with Crippen LogP contribution in [-0.4, -0.2) is 28.5 Å². The van der Waals surface area contributed by atoms with Gasteiger partial charge in [-0.1, -0.05) is 18.2 Å². The average Bonchev–Trinajstić information content (AvgIpc) is 3.36. The normalized spacial score (nSPS) is 26.5. The van der Waals surface area contributed by atoms with Gasteiger partial charge in [0.1, 0.15) is 16.7 Å². The van der Waals surface area contributed by atoms with E-state index in [1.807, 2.05) is 5.38 Å². The molecule has 1 aromatic heterocycles. The molecule has 1 fully saturated rings. The molecule has 0 radical (unpaired) electrons. The summed E-state index contributed by atoms with van der Waals surface area (Å²) in [5, 5.41) is 11.9. The second kappa shape index (κ2) is 7.49. The molecule has 3 aliphatic rings. The van der Waals surface area contributed by atoms with E-state index in [0.29, 0.717) is 5.04 Å². The number of benzene rings is 1. The number of thiophene rings is 1. The fourth-order valence-corrected chi connectivity index (χ4v) is 7.14. The van der Waals surface area contributed by atoms with Gasteiger partial charge in [0.05, 0.1) is 6.04 Å². The van der Waals surface area contributed by atoms with Crippen LogP contribution in [0.5, 0.6) is 0 Å². The van der Waals surface area contributed by atoms with Gasteiger partial charge in [-0.3, -0.25) is 4.79 Å². The predicted molar refractivity (Wildman–Crippen MR) is 112 cm³/mol. The van der Waals surface area contributed by atoms with Gasteiger partial charge in [-0.2, -0.15) is 5.10 Å². The van der Waals surface area contributed by atoms with Crippen molar-refractivity contribution in [2.45, 2.75) is 49.4 Å². The van der Waals surface area contributed by atoms with Crippen molar-refractivity contribution in [2.75, 3.05) is 6.54 Å². The maximum absolute atomic E-state index is 14.5. The van der Waals surface area contributed by atoms with Gasteiger partial charge in [0.2, 0.25) is 0 Å². The molecule has 1 aromatic carbocycles. The van der Waals surface area contributed by atoms with E-state index in [-0.39, 0.29) is 17.5 Å². The van der Waals surface area contributed by atoms with Crippen LogP contribution in [0, 0.1) is 11.6 Å². The number of nitrogens with one attached hydrogen (secondary N) is 1. The van der Waals surface area contributed by atoms with Crippen LogP contribution in [-0.2, 0) is 16.1 Å². The van der Waals surface area contributed by atoms with Crippen LogP contribution in [0.1, 0.15) is 48.1 Å². The molecule has 1 N–H and O–H groups in total. The largest absolute Gasteiger partial charge is 0.306 e. The summed E-state index contributed by atoms with van der Waals surface area (Å²) in [6.45, 7) is 0.809. The first-order valence-corrected chi connectivity index (χ1v) is 11.7. The Balaban J connectivity index is 1.60. The molecule has 5 rings (SSSR count). The predicted octanol–water partition coefficient (Wildman–Crippen LogP) is 4.59. The molecule has 152 valence electrons. The van der Waals surface area contributed by atoms with Crippen LogP contribution < -0.4 is 5.32 Å². The van der Waals surface area contributed by atoms with Gasteiger partial charge in [0, 0.05) is 10.4 Å². The molecular formula is C21H21F2N3OS2. The quantitative estimate of drug-likeness (QED) is 0.753. The lowest BCUT2D eigenvalue weighted by Gasteiger charge is -2.40. The van der Waals surface area contributed by atoms with Crippen molar-refractivity contribution in [1.82, 2.24) is 10.3 Å². The molecule has 2 atom stereocenters. The number of aryl methyl sites for hydroxylation is 1. The SMILES string of the molecule is O=C(C1CCCCN1)N1N=C(c2cc(F)ccc2F)SC12CCCc1ccsc12. The van der Waals surface area contributed by atoms with E-state index < -0.39 is 16.5 Å². The lowest BCUT2D eigenvalue weighted by molar-refractivity contribution is -0.137. The molecule has 4 nitrogen and oxygen atoms in total. The molecule has 2 unspecified atom stereocenters. The highest BCUT2D eigenvalue weighted by Gasteiger charge is 2.52. The number of rotatable bonds is 2. The van der Waals surface area contributed by atoms with Crippen LogP contribution in [0.25, 0.3) is 0 Å². The number of hydrazone groups is 1. The zero-order chi connectivity index (χ0) is 20.0. The summed E-state index contributed by atoms with van der Waals surface area (Å²) < 4.78 is 28.4. The number of piperidine rings is 1. The monoisotopic (exact) mass is 433 g/mol. The van der Waals surface area contributed by atoms with E-state index in [1.165, 1.54) is 23.4 Å². The van der Waals surface area contributed by atoms with Gasteiger partial charge in [0.15, 0.2) is 4.87 Å². The Morgan fingerprint density at radius 3 is 2.97 bits per heavy atom. The zero-order valence-electron chi connectivity index (χ0n) is 15.8. The third kappa shape index (κ3) is 3.21. The molecule has 1 saturated heterocycles. The van der Waals surface area contributed by atoms with Crippen LogP contribution in [0.2, 0.25) is 0 Å². The number of nitrogens with zero attached hydrogens (tertiary/aromatic N) is 2. The zero-order valence-corrected chi connectivity index (χ0v) is 17.4. The summed E-state index contributed by atoms with van der Waals surface area (Å²) >= 11 is 3.01. The summed E-state index contributed by atoms with van der Waals surface area (Å²) in [4.78, 5) is 13.9. The molecule has 1 spiro atoms. The first-order chi connectivity index (χ1) is 14.1. The smallest absolute Gasteiger partial charge is 0.261 e. The Bertz CT molecular complexity index is 986. The summed E-state index contributed by atoms with van der Waals surface area (Å²) in [5.41, 5.74) is 1.34. The molecule has 1 amide bonds. The van der Waals surface area contributed by atoms with E-state index in [1.54, 1.807) is 16.3 Å². The van der Waals surface area contributed by atoms with Gasteiger partial charge in [-0.25, -0.2) is 13.8 Å². The average molecular weight is 434 g/mol. The summed E-state index contributed by atoms with van der Waals surface area (Å²) in [6, 6.07) is 5.20. The van der Waals surface area contributed by atoms with Crippen molar-refractivity contribution in [3.63, 3.8) is 0 Å². The molecule has 3 heterocycles. The van der Waals surface area contributed by atoms with Crippen LogP contribution in [0.3, 0.4) is 0 Å². The number of halogens is 2. The van der Waals surface area contributed by atoms with Gasteiger partial charge < -0.3 is 5.32 Å². The highest BCUT2D eigenvalue weighted by molar-refractivity contribution is 8.15. The standard InChI is InChI=1S/C21H21F2N3OS2/c22-14-6-7-16(23)15(12-14)19-25-26(20(27)17-5-1-2-10-24-17)21(29-19)9-3-4-13-8-11-28-18(13)21/h6-8,11-12,17,24H,1-5,9-10H2. The Kier molecular flexibility index (Phi) is 4.96. The van der Waals surface area contributed by atoms with Crippen molar-refractivity contribution in [3.8, 4) is 0 Å². The van der Waals surface area contributed by atoms with Gasteiger partial charge >= 0.3 is 0 Å². The highest BCUT2D eigenvalue weighted by atomic mass is 32.2. The first-order valence-electron chi connectivity index (χ1n) is 9.96. The van der Waals surface area contributed by atoms with Crippen LogP contribution in [0.15, 0.2) is 34.7 Å². The second-order valence-corrected chi connectivity index (χ2v) is 9.88. The minimum absolute atomic E-state index is 0.0785. The van der Waals surface area contributed by atoms with Crippen LogP contribution in [0.4, 0.5) is 8.78 Å². The molecule has 2 aliphatic heterocycles. The number of hydrogen-bond donors (Lipinski definition) is 1. The number of amides is 1. The van der Waals surface area contributed by atoms with E-state index >= 15 is 0 Å². The minimum Gasteiger partial charge on any atom is -0.306 e. The molecule has 0 bridgehead atoms. The molecule has 29 heavy (non-hydrogen) atoms. The number of thioether (sulfide) groups is 1. The van der Waals surface area contributed by atoms with E-state index in [9.17, 15) is 13.6 Å². The minimum atomic E-state index is -0.675. The molecule has 1 aliphatic carbocycles. The number of carbonyl (C=O) groups is 1. The maximum Gasteiger partial charge on any atom is 0.261 e. The van der Waals surface area contributed by atoms with Crippen molar-refractivity contribution in [2.24, 2.45) is 5.10 Å². The lowest BCUT2D eigenvalue weighted by atomic mass is 9.93. The topological polar surface area (TPSA) is 44.7 Å². The van der Waals surface area contributed by atoms with Crippen molar-refractivity contribution in [1.29, 1.82) is 0 Å². The van der Waals surface area contributed by atoms with E-state index in [0.717, 1.165) is 62.1 Å². The third-order valence-corrected chi connectivity index (χ3v) is 8.49. The van der Waals surface area contributed by atoms with E-state index in [4.69, 9.17) is 0 Å².